The lowest BCUT2D eigenvalue weighted by molar-refractivity contribution is 0.0950. The van der Waals surface area contributed by atoms with E-state index in [2.05, 4.69) is 21.2 Å². The van der Waals surface area contributed by atoms with Gasteiger partial charge in [0.25, 0.3) is 5.91 Å². The Hall–Kier alpha value is -0.870. The Kier molecular flexibility index (Phi) is 5.49. The average molecular weight is 286 g/mol. The van der Waals surface area contributed by atoms with Crippen LogP contribution in [-0.2, 0) is 4.74 Å². The minimum Gasteiger partial charge on any atom is -0.383 e. The van der Waals surface area contributed by atoms with Crippen LogP contribution in [0.5, 0.6) is 0 Å². The van der Waals surface area contributed by atoms with Gasteiger partial charge in [0.1, 0.15) is 0 Å². The van der Waals surface area contributed by atoms with Gasteiger partial charge in [-0.3, -0.25) is 4.79 Å². The predicted octanol–water partition coefficient (Wildman–Crippen LogP) is 2.13. The molecule has 1 unspecified atom stereocenters. The molecule has 1 aromatic rings. The van der Waals surface area contributed by atoms with Crippen LogP contribution in [0.4, 0.5) is 0 Å². The SMILES string of the molecule is COCC(Br)CNC(=O)c1ccc(C)cc1. The monoisotopic (exact) mass is 285 g/mol. The first-order valence-electron chi connectivity index (χ1n) is 5.11. The van der Waals surface area contributed by atoms with Crippen molar-refractivity contribution < 1.29 is 9.53 Å². The Morgan fingerprint density at radius 3 is 2.62 bits per heavy atom. The van der Waals surface area contributed by atoms with Gasteiger partial charge in [0.15, 0.2) is 0 Å². The van der Waals surface area contributed by atoms with Crippen molar-refractivity contribution in [2.75, 3.05) is 20.3 Å². The Morgan fingerprint density at radius 2 is 2.06 bits per heavy atom. The largest absolute Gasteiger partial charge is 0.383 e. The number of carbonyl (C=O) groups is 1. The number of methoxy groups -OCH3 is 1. The standard InChI is InChI=1S/C12H16BrNO2/c1-9-3-5-10(6-4-9)12(15)14-7-11(13)8-16-2/h3-6,11H,7-8H2,1-2H3,(H,14,15). The smallest absolute Gasteiger partial charge is 0.251 e. The van der Waals surface area contributed by atoms with Crippen LogP contribution >= 0.6 is 15.9 Å². The van der Waals surface area contributed by atoms with E-state index in [1.54, 1.807) is 7.11 Å². The van der Waals surface area contributed by atoms with Gasteiger partial charge >= 0.3 is 0 Å². The molecule has 0 saturated carbocycles. The van der Waals surface area contributed by atoms with E-state index in [1.807, 2.05) is 31.2 Å². The first kappa shape index (κ1) is 13.2. The molecule has 88 valence electrons. The molecule has 0 aliphatic carbocycles. The fraction of sp³-hybridized carbons (Fsp3) is 0.417. The van der Waals surface area contributed by atoms with Crippen molar-refractivity contribution in [3.8, 4) is 0 Å². The summed E-state index contributed by atoms with van der Waals surface area (Å²) in [4.78, 5) is 11.8. The summed E-state index contributed by atoms with van der Waals surface area (Å²) in [5, 5.41) is 2.84. The molecule has 0 saturated heterocycles. The summed E-state index contributed by atoms with van der Waals surface area (Å²) in [6.07, 6.45) is 0. The van der Waals surface area contributed by atoms with Gasteiger partial charge in [-0.25, -0.2) is 0 Å². The third kappa shape index (κ3) is 4.33. The zero-order chi connectivity index (χ0) is 12.0. The number of rotatable bonds is 5. The lowest BCUT2D eigenvalue weighted by Gasteiger charge is -2.10. The van der Waals surface area contributed by atoms with E-state index in [9.17, 15) is 4.79 Å². The van der Waals surface area contributed by atoms with E-state index in [0.29, 0.717) is 18.7 Å². The molecule has 3 nitrogen and oxygen atoms in total. The molecule has 0 aliphatic rings. The van der Waals surface area contributed by atoms with E-state index >= 15 is 0 Å². The van der Waals surface area contributed by atoms with Crippen molar-refractivity contribution in [2.24, 2.45) is 0 Å². The van der Waals surface area contributed by atoms with Gasteiger partial charge in [0, 0.05) is 19.2 Å². The molecule has 1 aromatic carbocycles. The fourth-order valence-corrected chi connectivity index (χ4v) is 1.68. The summed E-state index contributed by atoms with van der Waals surface area (Å²) in [6, 6.07) is 7.50. The van der Waals surface area contributed by atoms with E-state index in [-0.39, 0.29) is 10.7 Å². The second-order valence-corrected chi connectivity index (χ2v) is 4.92. The van der Waals surface area contributed by atoms with Gasteiger partial charge in [-0.15, -0.1) is 0 Å². The number of aryl methyl sites for hydroxylation is 1. The van der Waals surface area contributed by atoms with Crippen molar-refractivity contribution in [1.82, 2.24) is 5.32 Å². The molecule has 1 N–H and O–H groups in total. The first-order chi connectivity index (χ1) is 7.63. The minimum absolute atomic E-state index is 0.0550. The molecule has 1 atom stereocenters. The molecule has 4 heteroatoms. The van der Waals surface area contributed by atoms with E-state index in [0.717, 1.165) is 5.56 Å². The highest BCUT2D eigenvalue weighted by atomic mass is 79.9. The van der Waals surface area contributed by atoms with Crippen molar-refractivity contribution in [3.05, 3.63) is 35.4 Å². The second kappa shape index (κ2) is 6.66. The molecule has 1 rings (SSSR count). The second-order valence-electron chi connectivity index (χ2n) is 3.63. The topological polar surface area (TPSA) is 38.3 Å². The quantitative estimate of drug-likeness (QED) is 0.842. The summed E-state index contributed by atoms with van der Waals surface area (Å²) in [5.41, 5.74) is 1.83. The lowest BCUT2D eigenvalue weighted by Crippen LogP contribution is -2.31. The molecule has 0 spiro atoms. The number of benzene rings is 1. The summed E-state index contributed by atoms with van der Waals surface area (Å²) in [7, 11) is 1.63. The number of amides is 1. The van der Waals surface area contributed by atoms with E-state index in [4.69, 9.17) is 4.74 Å². The fourth-order valence-electron chi connectivity index (χ4n) is 1.25. The van der Waals surface area contributed by atoms with Gasteiger partial charge < -0.3 is 10.1 Å². The molecule has 0 bridgehead atoms. The Balaban J connectivity index is 2.43. The zero-order valence-corrected chi connectivity index (χ0v) is 11.1. The number of carbonyl (C=O) groups excluding carboxylic acids is 1. The van der Waals surface area contributed by atoms with Crippen LogP contribution in [-0.4, -0.2) is 31.0 Å². The highest BCUT2D eigenvalue weighted by molar-refractivity contribution is 9.09. The van der Waals surface area contributed by atoms with Gasteiger partial charge in [-0.1, -0.05) is 33.6 Å². The third-order valence-corrected chi connectivity index (χ3v) is 2.73. The minimum atomic E-state index is -0.0550. The number of hydrogen-bond donors (Lipinski definition) is 1. The molecule has 0 radical (unpaired) electrons. The maximum atomic E-state index is 11.7. The number of nitrogens with one attached hydrogen (secondary N) is 1. The molecule has 16 heavy (non-hydrogen) atoms. The van der Waals surface area contributed by atoms with Crippen LogP contribution in [0, 0.1) is 6.92 Å². The number of halogens is 1. The van der Waals surface area contributed by atoms with E-state index < -0.39 is 0 Å². The summed E-state index contributed by atoms with van der Waals surface area (Å²) in [6.45, 7) is 3.13. The van der Waals surface area contributed by atoms with Crippen molar-refractivity contribution >= 4 is 21.8 Å². The van der Waals surface area contributed by atoms with Gasteiger partial charge in [-0.05, 0) is 19.1 Å². The Morgan fingerprint density at radius 1 is 1.44 bits per heavy atom. The summed E-state index contributed by atoms with van der Waals surface area (Å²) < 4.78 is 4.96. The number of ether oxygens (including phenoxy) is 1. The number of alkyl halides is 1. The molecule has 0 aliphatic heterocycles. The molecular formula is C12H16BrNO2. The Bertz CT molecular complexity index is 337. The molecule has 0 fully saturated rings. The summed E-state index contributed by atoms with van der Waals surface area (Å²) >= 11 is 3.41. The van der Waals surface area contributed by atoms with Gasteiger partial charge in [-0.2, -0.15) is 0 Å². The van der Waals surface area contributed by atoms with Gasteiger partial charge in [0.05, 0.1) is 11.4 Å². The van der Waals surface area contributed by atoms with Crippen LogP contribution in [0.3, 0.4) is 0 Å². The lowest BCUT2D eigenvalue weighted by atomic mass is 10.1. The highest BCUT2D eigenvalue weighted by Gasteiger charge is 2.08. The first-order valence-corrected chi connectivity index (χ1v) is 6.03. The normalized spacial score (nSPS) is 12.2. The van der Waals surface area contributed by atoms with E-state index in [1.165, 1.54) is 0 Å². The van der Waals surface area contributed by atoms with Crippen molar-refractivity contribution in [1.29, 1.82) is 0 Å². The van der Waals surface area contributed by atoms with Crippen molar-refractivity contribution in [2.45, 2.75) is 11.8 Å². The van der Waals surface area contributed by atoms with Crippen molar-refractivity contribution in [3.63, 3.8) is 0 Å². The van der Waals surface area contributed by atoms with Crippen LogP contribution in [0.15, 0.2) is 24.3 Å². The molecule has 1 amide bonds. The maximum absolute atomic E-state index is 11.7. The van der Waals surface area contributed by atoms with Crippen LogP contribution in [0.1, 0.15) is 15.9 Å². The van der Waals surface area contributed by atoms with Crippen LogP contribution in [0.2, 0.25) is 0 Å². The molecule has 0 heterocycles. The molecule has 0 aromatic heterocycles. The predicted molar refractivity (Wildman–Crippen MR) is 68.1 cm³/mol. The van der Waals surface area contributed by atoms with Crippen LogP contribution in [0.25, 0.3) is 0 Å². The Labute approximate surface area is 104 Å². The maximum Gasteiger partial charge on any atom is 0.251 e. The summed E-state index contributed by atoms with van der Waals surface area (Å²) in [5.74, 6) is -0.0550. The zero-order valence-electron chi connectivity index (χ0n) is 9.50. The van der Waals surface area contributed by atoms with Crippen LogP contribution < -0.4 is 5.32 Å². The average Bonchev–Trinajstić information content (AvgIpc) is 2.27. The third-order valence-electron chi connectivity index (χ3n) is 2.15. The van der Waals surface area contributed by atoms with Gasteiger partial charge in [0.2, 0.25) is 0 Å². The number of hydrogen-bond acceptors (Lipinski definition) is 2. The molecular weight excluding hydrogens is 270 g/mol. The highest BCUT2D eigenvalue weighted by Crippen LogP contribution is 2.03.